The summed E-state index contributed by atoms with van der Waals surface area (Å²) in [6.45, 7) is 6.21. The van der Waals surface area contributed by atoms with Crippen molar-refractivity contribution in [2.24, 2.45) is 0 Å². The first-order chi connectivity index (χ1) is 17.9. The largest absolute Gasteiger partial charge is 0.486 e. The third-order valence-corrected chi connectivity index (χ3v) is 7.06. The Morgan fingerprint density at radius 3 is 2.22 bits per heavy atom. The summed E-state index contributed by atoms with van der Waals surface area (Å²) in [5, 5.41) is 0. The van der Waals surface area contributed by atoms with Crippen LogP contribution in [0, 0.1) is 23.3 Å². The summed E-state index contributed by atoms with van der Waals surface area (Å²) in [7, 11) is 0. The molecule has 0 atom stereocenters. The smallest absolute Gasteiger partial charge is 0.201 e. The van der Waals surface area contributed by atoms with E-state index in [9.17, 15) is 17.6 Å². The highest BCUT2D eigenvalue weighted by Gasteiger charge is 2.26. The fourth-order valence-electron chi connectivity index (χ4n) is 5.03. The van der Waals surface area contributed by atoms with Crippen LogP contribution in [0.2, 0.25) is 0 Å². The Morgan fingerprint density at radius 2 is 1.54 bits per heavy atom. The molecule has 0 unspecified atom stereocenters. The molecule has 4 rings (SSSR count). The Bertz CT molecular complexity index is 1210. The van der Waals surface area contributed by atoms with Crippen LogP contribution >= 0.6 is 0 Å². The Morgan fingerprint density at radius 1 is 0.811 bits per heavy atom. The van der Waals surface area contributed by atoms with Crippen LogP contribution < -0.4 is 4.74 Å². The summed E-state index contributed by atoms with van der Waals surface area (Å²) in [6, 6.07) is 13.2. The molecule has 0 bridgehead atoms. The van der Waals surface area contributed by atoms with Crippen molar-refractivity contribution >= 4 is 0 Å². The number of hydrogen-bond acceptors (Lipinski definition) is 2. The minimum Gasteiger partial charge on any atom is -0.486 e. The number of ether oxygens (including phenoxy) is 2. The van der Waals surface area contributed by atoms with Gasteiger partial charge >= 0.3 is 0 Å². The van der Waals surface area contributed by atoms with Crippen molar-refractivity contribution in [2.45, 2.75) is 57.5 Å². The van der Waals surface area contributed by atoms with Crippen molar-refractivity contribution in [2.75, 3.05) is 13.2 Å². The second-order valence-corrected chi connectivity index (χ2v) is 9.41. The summed E-state index contributed by atoms with van der Waals surface area (Å²) < 4.78 is 69.5. The third-order valence-electron chi connectivity index (χ3n) is 7.06. The third kappa shape index (κ3) is 6.24. The molecule has 2 nitrogen and oxygen atoms in total. The van der Waals surface area contributed by atoms with Crippen LogP contribution in [0.3, 0.4) is 0 Å². The van der Waals surface area contributed by atoms with Crippen molar-refractivity contribution in [3.8, 4) is 16.9 Å². The van der Waals surface area contributed by atoms with Crippen molar-refractivity contribution in [1.82, 2.24) is 0 Å². The van der Waals surface area contributed by atoms with E-state index in [4.69, 9.17) is 9.47 Å². The van der Waals surface area contributed by atoms with Gasteiger partial charge in [0.1, 0.15) is 6.61 Å². The van der Waals surface area contributed by atoms with E-state index in [0.29, 0.717) is 36.1 Å². The topological polar surface area (TPSA) is 18.5 Å². The van der Waals surface area contributed by atoms with E-state index in [2.05, 4.69) is 6.58 Å². The lowest BCUT2D eigenvalue weighted by Crippen LogP contribution is -2.21. The number of rotatable bonds is 10. The van der Waals surface area contributed by atoms with Crippen molar-refractivity contribution in [1.29, 1.82) is 0 Å². The summed E-state index contributed by atoms with van der Waals surface area (Å²) in [4.78, 5) is 0. The molecule has 1 fully saturated rings. The van der Waals surface area contributed by atoms with E-state index in [1.54, 1.807) is 36.4 Å². The number of aryl methyl sites for hydroxylation is 2. The maximum Gasteiger partial charge on any atom is 0.201 e. The Balaban J connectivity index is 1.40. The molecule has 6 heteroatoms. The van der Waals surface area contributed by atoms with E-state index in [1.165, 1.54) is 18.2 Å². The average Bonchev–Trinajstić information content (AvgIpc) is 2.92. The molecule has 1 aliphatic carbocycles. The molecule has 0 radical (unpaired) electrons. The lowest BCUT2D eigenvalue weighted by atomic mass is 9.82. The van der Waals surface area contributed by atoms with Gasteiger partial charge in [-0.3, -0.25) is 0 Å². The van der Waals surface area contributed by atoms with Gasteiger partial charge < -0.3 is 9.47 Å². The Hall–Kier alpha value is -3.12. The molecule has 0 heterocycles. The van der Waals surface area contributed by atoms with Crippen LogP contribution in [0.4, 0.5) is 17.6 Å². The van der Waals surface area contributed by atoms with Crippen molar-refractivity contribution in [3.05, 3.63) is 101 Å². The fraction of sp³-hybridized carbons (Fsp3) is 0.355. The molecule has 0 aromatic heterocycles. The van der Waals surface area contributed by atoms with Gasteiger partial charge in [0.05, 0.1) is 6.10 Å². The molecular formula is C31H32F4O2. The second-order valence-electron chi connectivity index (χ2n) is 9.41. The van der Waals surface area contributed by atoms with E-state index in [-0.39, 0.29) is 29.9 Å². The van der Waals surface area contributed by atoms with Crippen LogP contribution in [-0.4, -0.2) is 19.3 Å². The highest BCUT2D eigenvalue weighted by atomic mass is 19.2. The minimum absolute atomic E-state index is 0.0145. The van der Waals surface area contributed by atoms with Crippen LogP contribution in [0.5, 0.6) is 5.75 Å². The SMILES string of the molecule is C=CCOc1ccc(-c2ccc(CCc3ccc(C4CCC(OCC)CC4)c(F)c3F)cc2)c(F)c1F. The molecule has 0 N–H and O–H groups in total. The van der Waals surface area contributed by atoms with Gasteiger partial charge in [0.15, 0.2) is 23.2 Å². The fourth-order valence-corrected chi connectivity index (χ4v) is 5.03. The van der Waals surface area contributed by atoms with Crippen LogP contribution in [0.25, 0.3) is 11.1 Å². The second kappa shape index (κ2) is 12.4. The van der Waals surface area contributed by atoms with E-state index in [0.717, 1.165) is 31.2 Å². The zero-order valence-electron chi connectivity index (χ0n) is 21.0. The molecule has 3 aromatic carbocycles. The predicted octanol–water partition coefficient (Wildman–Crippen LogP) is 8.32. The molecule has 3 aromatic rings. The number of halogens is 4. The van der Waals surface area contributed by atoms with Gasteiger partial charge in [-0.15, -0.1) is 0 Å². The zero-order valence-corrected chi connectivity index (χ0v) is 21.0. The molecule has 1 saturated carbocycles. The van der Waals surface area contributed by atoms with Gasteiger partial charge in [0.2, 0.25) is 5.82 Å². The van der Waals surface area contributed by atoms with Crippen LogP contribution in [0.1, 0.15) is 55.2 Å². The average molecular weight is 513 g/mol. The van der Waals surface area contributed by atoms with E-state index >= 15 is 0 Å². The molecule has 196 valence electrons. The Labute approximate surface area is 215 Å². The molecule has 0 amide bonds. The summed E-state index contributed by atoms with van der Waals surface area (Å²) in [5.74, 6) is -3.72. The number of hydrogen-bond donors (Lipinski definition) is 0. The van der Waals surface area contributed by atoms with Gasteiger partial charge in [-0.2, -0.15) is 4.39 Å². The molecule has 0 aliphatic heterocycles. The standard InChI is InChI=1S/C31H32F4O2/c1-3-19-37-27-18-17-26(30(34)31(27)35)21-8-5-20(6-9-21)7-10-23-13-16-25(29(33)28(23)32)22-11-14-24(15-12-22)36-4-2/h3,5-6,8-9,13,16-18,22,24H,1,4,7,10-12,14-15,19H2,2H3. The first kappa shape index (κ1) is 26.9. The van der Waals surface area contributed by atoms with Gasteiger partial charge in [-0.05, 0) is 85.8 Å². The summed E-state index contributed by atoms with van der Waals surface area (Å²) >= 11 is 0. The first-order valence-corrected chi connectivity index (χ1v) is 12.8. The highest BCUT2D eigenvalue weighted by Crippen LogP contribution is 2.36. The van der Waals surface area contributed by atoms with Crippen molar-refractivity contribution in [3.63, 3.8) is 0 Å². The Kier molecular flexibility index (Phi) is 9.04. The summed E-state index contributed by atoms with van der Waals surface area (Å²) in [6.07, 6.45) is 5.80. The molecular weight excluding hydrogens is 480 g/mol. The van der Waals surface area contributed by atoms with Gasteiger partial charge in [0, 0.05) is 12.2 Å². The van der Waals surface area contributed by atoms with Gasteiger partial charge in [-0.25, -0.2) is 13.2 Å². The van der Waals surface area contributed by atoms with Crippen LogP contribution in [-0.2, 0) is 17.6 Å². The van der Waals surface area contributed by atoms with Crippen LogP contribution in [0.15, 0.2) is 61.2 Å². The quantitative estimate of drug-likeness (QED) is 0.201. The predicted molar refractivity (Wildman–Crippen MR) is 138 cm³/mol. The lowest BCUT2D eigenvalue weighted by Gasteiger charge is -2.29. The van der Waals surface area contributed by atoms with E-state index < -0.39 is 23.3 Å². The molecule has 37 heavy (non-hydrogen) atoms. The monoisotopic (exact) mass is 512 g/mol. The molecule has 1 aliphatic rings. The first-order valence-electron chi connectivity index (χ1n) is 12.8. The highest BCUT2D eigenvalue weighted by molar-refractivity contribution is 5.65. The molecule has 0 spiro atoms. The summed E-state index contributed by atoms with van der Waals surface area (Å²) in [5.41, 5.74) is 2.30. The van der Waals surface area contributed by atoms with Gasteiger partial charge in [-0.1, -0.05) is 49.1 Å². The normalized spacial score (nSPS) is 17.5. The zero-order chi connectivity index (χ0) is 26.4. The minimum atomic E-state index is -1.05. The van der Waals surface area contributed by atoms with Crippen molar-refractivity contribution < 1.29 is 27.0 Å². The lowest BCUT2D eigenvalue weighted by molar-refractivity contribution is 0.0325. The maximum absolute atomic E-state index is 14.9. The van der Waals surface area contributed by atoms with Gasteiger partial charge in [0.25, 0.3) is 0 Å². The maximum atomic E-state index is 14.9. The van der Waals surface area contributed by atoms with E-state index in [1.807, 2.05) is 6.92 Å². The number of benzene rings is 3. The molecule has 0 saturated heterocycles.